The van der Waals surface area contributed by atoms with Crippen LogP contribution < -0.4 is 15.4 Å². The number of benzene rings is 1. The molecule has 0 saturated heterocycles. The molecule has 6 heteroatoms. The van der Waals surface area contributed by atoms with E-state index in [1.807, 2.05) is 19.9 Å². The van der Waals surface area contributed by atoms with Gasteiger partial charge < -0.3 is 15.4 Å². The Morgan fingerprint density at radius 3 is 2.62 bits per heavy atom. The lowest BCUT2D eigenvalue weighted by Gasteiger charge is -2.13. The Kier molecular flexibility index (Phi) is 7.51. The lowest BCUT2D eigenvalue weighted by atomic mass is 10.1. The molecule has 0 fully saturated rings. The number of ether oxygens (including phenoxy) is 1. The number of hydrogen-bond donors (Lipinski definition) is 2. The quantitative estimate of drug-likeness (QED) is 0.433. The predicted octanol–water partition coefficient (Wildman–Crippen LogP) is 2.96. The van der Waals surface area contributed by atoms with E-state index in [4.69, 9.17) is 4.74 Å². The fourth-order valence-corrected chi connectivity index (χ4v) is 2.88. The van der Waals surface area contributed by atoms with Crippen LogP contribution in [0.1, 0.15) is 35.9 Å². The van der Waals surface area contributed by atoms with Crippen molar-refractivity contribution in [1.82, 2.24) is 20.4 Å². The molecule has 2 rings (SSSR count). The molecule has 2 aromatic rings. The first-order valence-corrected chi connectivity index (χ1v) is 9.21. The summed E-state index contributed by atoms with van der Waals surface area (Å²) in [6.45, 7) is 11.3. The first-order chi connectivity index (χ1) is 12.5. The summed E-state index contributed by atoms with van der Waals surface area (Å²) in [6, 6.07) is 8.36. The van der Waals surface area contributed by atoms with Gasteiger partial charge in [0.1, 0.15) is 5.75 Å². The van der Waals surface area contributed by atoms with Crippen LogP contribution >= 0.6 is 0 Å². The van der Waals surface area contributed by atoms with Crippen molar-refractivity contribution in [2.45, 2.75) is 47.2 Å². The summed E-state index contributed by atoms with van der Waals surface area (Å²) in [7, 11) is 1.79. The Labute approximate surface area is 156 Å². The summed E-state index contributed by atoms with van der Waals surface area (Å²) in [6.07, 6.45) is 0.991. The Morgan fingerprint density at radius 1 is 1.19 bits per heavy atom. The zero-order chi connectivity index (χ0) is 18.9. The number of nitrogens with zero attached hydrogens (tertiary/aromatic N) is 3. The average Bonchev–Trinajstić information content (AvgIpc) is 2.94. The molecule has 1 aromatic heterocycles. The summed E-state index contributed by atoms with van der Waals surface area (Å²) in [5.41, 5.74) is 4.63. The van der Waals surface area contributed by atoms with E-state index in [2.05, 4.69) is 57.5 Å². The molecule has 0 aliphatic carbocycles. The molecule has 142 valence electrons. The van der Waals surface area contributed by atoms with Gasteiger partial charge in [-0.25, -0.2) is 0 Å². The zero-order valence-electron chi connectivity index (χ0n) is 16.6. The molecule has 26 heavy (non-hydrogen) atoms. The van der Waals surface area contributed by atoms with E-state index in [0.717, 1.165) is 49.0 Å². The summed E-state index contributed by atoms with van der Waals surface area (Å²) >= 11 is 0. The van der Waals surface area contributed by atoms with E-state index in [-0.39, 0.29) is 0 Å². The van der Waals surface area contributed by atoms with Gasteiger partial charge in [0.25, 0.3) is 0 Å². The second-order valence-corrected chi connectivity index (χ2v) is 6.39. The summed E-state index contributed by atoms with van der Waals surface area (Å²) < 4.78 is 7.64. The minimum absolute atomic E-state index is 0.687. The monoisotopic (exact) mass is 357 g/mol. The molecular formula is C20H31N5O. The van der Waals surface area contributed by atoms with Crippen molar-refractivity contribution in [3.8, 4) is 5.75 Å². The molecule has 0 aliphatic heterocycles. The summed E-state index contributed by atoms with van der Waals surface area (Å²) in [5, 5.41) is 11.2. The smallest absolute Gasteiger partial charge is 0.191 e. The van der Waals surface area contributed by atoms with Gasteiger partial charge in [0.15, 0.2) is 5.96 Å². The van der Waals surface area contributed by atoms with Crippen LogP contribution in [0.2, 0.25) is 0 Å². The molecule has 1 heterocycles. The van der Waals surface area contributed by atoms with Crippen molar-refractivity contribution in [2.75, 3.05) is 20.2 Å². The third kappa shape index (κ3) is 5.79. The number of aliphatic imine (C=N–C) groups is 1. The van der Waals surface area contributed by atoms with Gasteiger partial charge in [-0.3, -0.25) is 9.67 Å². The van der Waals surface area contributed by atoms with Gasteiger partial charge in [-0.2, -0.15) is 5.10 Å². The van der Waals surface area contributed by atoms with Gasteiger partial charge in [-0.05, 0) is 57.4 Å². The molecule has 6 nitrogen and oxygen atoms in total. The lowest BCUT2D eigenvalue weighted by Crippen LogP contribution is -2.37. The minimum Gasteiger partial charge on any atom is -0.494 e. The van der Waals surface area contributed by atoms with Crippen LogP contribution in [0.4, 0.5) is 0 Å². The molecule has 0 radical (unpaired) electrons. The molecular weight excluding hydrogens is 326 g/mol. The van der Waals surface area contributed by atoms with Crippen molar-refractivity contribution >= 4 is 5.96 Å². The third-order valence-corrected chi connectivity index (χ3v) is 4.17. The van der Waals surface area contributed by atoms with Crippen LogP contribution in [0, 0.1) is 20.8 Å². The topological polar surface area (TPSA) is 63.5 Å². The number of rotatable bonds is 8. The maximum absolute atomic E-state index is 5.59. The van der Waals surface area contributed by atoms with Gasteiger partial charge in [0.05, 0.1) is 12.3 Å². The molecule has 0 saturated carbocycles. The largest absolute Gasteiger partial charge is 0.494 e. The van der Waals surface area contributed by atoms with E-state index >= 15 is 0 Å². The van der Waals surface area contributed by atoms with Crippen LogP contribution in [0.15, 0.2) is 29.3 Å². The van der Waals surface area contributed by atoms with E-state index in [0.29, 0.717) is 6.61 Å². The molecule has 0 spiro atoms. The van der Waals surface area contributed by atoms with E-state index < -0.39 is 0 Å². The van der Waals surface area contributed by atoms with Crippen molar-refractivity contribution in [3.63, 3.8) is 0 Å². The second-order valence-electron chi connectivity index (χ2n) is 6.39. The van der Waals surface area contributed by atoms with Crippen molar-refractivity contribution < 1.29 is 4.74 Å². The van der Waals surface area contributed by atoms with Crippen molar-refractivity contribution in [1.29, 1.82) is 0 Å². The highest BCUT2D eigenvalue weighted by Crippen LogP contribution is 2.18. The highest BCUT2D eigenvalue weighted by molar-refractivity contribution is 5.79. The molecule has 0 amide bonds. The lowest BCUT2D eigenvalue weighted by molar-refractivity contribution is 0.338. The third-order valence-electron chi connectivity index (χ3n) is 4.17. The van der Waals surface area contributed by atoms with Crippen LogP contribution in [0.3, 0.4) is 0 Å². The Balaban J connectivity index is 1.75. The molecule has 1 aromatic carbocycles. The fourth-order valence-electron chi connectivity index (χ4n) is 2.88. The average molecular weight is 358 g/mol. The number of nitrogens with one attached hydrogen (secondary N) is 2. The van der Waals surface area contributed by atoms with Gasteiger partial charge in [-0.1, -0.05) is 12.1 Å². The van der Waals surface area contributed by atoms with Gasteiger partial charge in [-0.15, -0.1) is 0 Å². The highest BCUT2D eigenvalue weighted by Gasteiger charge is 2.03. The maximum atomic E-state index is 5.59. The van der Waals surface area contributed by atoms with Crippen LogP contribution in [-0.2, 0) is 13.1 Å². The van der Waals surface area contributed by atoms with Gasteiger partial charge in [0.2, 0.25) is 0 Å². The molecule has 0 bridgehead atoms. The predicted molar refractivity (Wildman–Crippen MR) is 107 cm³/mol. The SMILES string of the molecule is CCOc1ccc(CNC(=NC)NCCCn2nc(C)cc2C)cc1C. The van der Waals surface area contributed by atoms with E-state index in [1.165, 1.54) is 11.3 Å². The summed E-state index contributed by atoms with van der Waals surface area (Å²) in [4.78, 5) is 4.29. The first-order valence-electron chi connectivity index (χ1n) is 9.21. The molecule has 0 atom stereocenters. The van der Waals surface area contributed by atoms with E-state index in [9.17, 15) is 0 Å². The minimum atomic E-state index is 0.687. The standard InChI is InChI=1S/C20H31N5O/c1-6-26-19-9-8-18(12-15(19)2)14-23-20(21-5)22-10-7-11-25-17(4)13-16(3)24-25/h8-9,12-13H,6-7,10-11,14H2,1-5H3,(H2,21,22,23). The number of hydrogen-bond acceptors (Lipinski definition) is 3. The summed E-state index contributed by atoms with van der Waals surface area (Å²) in [5.74, 6) is 1.76. The van der Waals surface area contributed by atoms with Crippen LogP contribution in [-0.4, -0.2) is 35.9 Å². The van der Waals surface area contributed by atoms with Gasteiger partial charge in [0, 0.05) is 32.4 Å². The van der Waals surface area contributed by atoms with Crippen molar-refractivity contribution in [2.24, 2.45) is 4.99 Å². The van der Waals surface area contributed by atoms with E-state index in [1.54, 1.807) is 7.05 Å². The number of aryl methyl sites for hydroxylation is 4. The van der Waals surface area contributed by atoms with Gasteiger partial charge >= 0.3 is 0 Å². The Hall–Kier alpha value is -2.50. The molecule has 0 aliphatic rings. The Bertz CT molecular complexity index is 736. The fraction of sp³-hybridized carbons (Fsp3) is 0.500. The molecule has 0 unspecified atom stereocenters. The first kappa shape index (κ1) is 19.8. The normalized spacial score (nSPS) is 11.5. The van der Waals surface area contributed by atoms with Crippen LogP contribution in [0.25, 0.3) is 0 Å². The van der Waals surface area contributed by atoms with Crippen LogP contribution in [0.5, 0.6) is 5.75 Å². The highest BCUT2D eigenvalue weighted by atomic mass is 16.5. The zero-order valence-corrected chi connectivity index (χ0v) is 16.6. The molecule has 2 N–H and O–H groups in total. The number of aromatic nitrogens is 2. The maximum Gasteiger partial charge on any atom is 0.191 e. The second kappa shape index (κ2) is 9.85. The van der Waals surface area contributed by atoms with Crippen molar-refractivity contribution in [3.05, 3.63) is 46.8 Å². The number of guanidine groups is 1. The Morgan fingerprint density at radius 2 is 2.00 bits per heavy atom.